The lowest BCUT2D eigenvalue weighted by atomic mass is 10.1. The third-order valence-corrected chi connectivity index (χ3v) is 4.22. The smallest absolute Gasteiger partial charge is 0.262 e. The lowest BCUT2D eigenvalue weighted by Gasteiger charge is -2.16. The molecule has 4 aromatic rings. The molecule has 0 bridgehead atoms. The Labute approximate surface area is 137 Å². The molecule has 0 aliphatic heterocycles. The Kier molecular flexibility index (Phi) is 3.26. The van der Waals surface area contributed by atoms with Gasteiger partial charge in [0.25, 0.3) is 11.3 Å². The van der Waals surface area contributed by atoms with Gasteiger partial charge in [-0.1, -0.05) is 12.1 Å². The SMILES string of the molecule is COc1ccc(C(C)n2ccc3c(cnc4ncnn43)c2=O)cc1. The Hall–Kier alpha value is -3.22. The van der Waals surface area contributed by atoms with Gasteiger partial charge >= 0.3 is 0 Å². The summed E-state index contributed by atoms with van der Waals surface area (Å²) < 4.78 is 8.43. The fraction of sp³-hybridized carbons (Fsp3) is 0.176. The molecule has 1 atom stereocenters. The molecule has 4 rings (SSSR count). The number of methoxy groups -OCH3 is 1. The van der Waals surface area contributed by atoms with E-state index in [1.54, 1.807) is 28.6 Å². The van der Waals surface area contributed by atoms with Crippen molar-refractivity contribution >= 4 is 16.7 Å². The number of hydrogen-bond acceptors (Lipinski definition) is 5. The Balaban J connectivity index is 1.85. The van der Waals surface area contributed by atoms with E-state index in [-0.39, 0.29) is 11.6 Å². The van der Waals surface area contributed by atoms with Crippen LogP contribution in [0, 0.1) is 0 Å². The van der Waals surface area contributed by atoms with Crippen LogP contribution in [0.4, 0.5) is 0 Å². The van der Waals surface area contributed by atoms with Crippen LogP contribution in [0.2, 0.25) is 0 Å². The van der Waals surface area contributed by atoms with Gasteiger partial charge in [-0.15, -0.1) is 0 Å². The molecule has 0 fully saturated rings. The van der Waals surface area contributed by atoms with Crippen molar-refractivity contribution in [3.05, 3.63) is 65.0 Å². The van der Waals surface area contributed by atoms with E-state index in [4.69, 9.17) is 4.74 Å². The van der Waals surface area contributed by atoms with E-state index in [1.807, 2.05) is 37.3 Å². The summed E-state index contributed by atoms with van der Waals surface area (Å²) in [4.78, 5) is 21.1. The number of benzene rings is 1. The Morgan fingerprint density at radius 1 is 1.12 bits per heavy atom. The summed E-state index contributed by atoms with van der Waals surface area (Å²) in [6.45, 7) is 1.98. The van der Waals surface area contributed by atoms with Gasteiger partial charge in [0.05, 0.1) is 24.1 Å². The fourth-order valence-corrected chi connectivity index (χ4v) is 2.83. The van der Waals surface area contributed by atoms with E-state index >= 15 is 0 Å². The maximum Gasteiger partial charge on any atom is 0.262 e. The fourth-order valence-electron chi connectivity index (χ4n) is 2.83. The maximum absolute atomic E-state index is 12.9. The maximum atomic E-state index is 12.9. The molecule has 0 N–H and O–H groups in total. The number of fused-ring (bicyclic) bond motifs is 3. The molecule has 1 aromatic carbocycles. The molecule has 0 aliphatic carbocycles. The van der Waals surface area contributed by atoms with Crippen LogP contribution in [0.15, 0.2) is 53.8 Å². The molecule has 120 valence electrons. The highest BCUT2D eigenvalue weighted by Crippen LogP contribution is 2.20. The normalized spacial score (nSPS) is 12.6. The molecule has 0 amide bonds. The number of rotatable bonds is 3. The van der Waals surface area contributed by atoms with Crippen molar-refractivity contribution in [2.45, 2.75) is 13.0 Å². The van der Waals surface area contributed by atoms with Crippen LogP contribution < -0.4 is 10.3 Å². The zero-order valence-electron chi connectivity index (χ0n) is 13.2. The van der Waals surface area contributed by atoms with Crippen molar-refractivity contribution in [1.29, 1.82) is 0 Å². The van der Waals surface area contributed by atoms with Crippen LogP contribution in [-0.2, 0) is 0 Å². The van der Waals surface area contributed by atoms with Crippen molar-refractivity contribution in [2.24, 2.45) is 0 Å². The Morgan fingerprint density at radius 3 is 2.67 bits per heavy atom. The van der Waals surface area contributed by atoms with Crippen molar-refractivity contribution in [1.82, 2.24) is 24.1 Å². The second-order valence-electron chi connectivity index (χ2n) is 5.51. The van der Waals surface area contributed by atoms with E-state index < -0.39 is 0 Å². The van der Waals surface area contributed by atoms with Gasteiger partial charge in [0, 0.05) is 12.4 Å². The van der Waals surface area contributed by atoms with E-state index in [0.717, 1.165) is 11.3 Å². The molecule has 3 aromatic heterocycles. The molecule has 3 heterocycles. The first kappa shape index (κ1) is 14.4. The molecule has 7 nitrogen and oxygen atoms in total. The molecule has 24 heavy (non-hydrogen) atoms. The summed E-state index contributed by atoms with van der Waals surface area (Å²) in [5, 5.41) is 4.63. The summed E-state index contributed by atoms with van der Waals surface area (Å²) in [6, 6.07) is 9.44. The largest absolute Gasteiger partial charge is 0.497 e. The quantitative estimate of drug-likeness (QED) is 0.577. The highest BCUT2D eigenvalue weighted by atomic mass is 16.5. The highest BCUT2D eigenvalue weighted by molar-refractivity contribution is 5.78. The molecule has 7 heteroatoms. The van der Waals surface area contributed by atoms with Crippen molar-refractivity contribution in [3.63, 3.8) is 0 Å². The first-order chi connectivity index (χ1) is 11.7. The average Bonchev–Trinajstić information content (AvgIpc) is 3.11. The number of ether oxygens (including phenoxy) is 1. The minimum Gasteiger partial charge on any atom is -0.497 e. The zero-order chi connectivity index (χ0) is 16.7. The molecular formula is C17H15N5O2. The summed E-state index contributed by atoms with van der Waals surface area (Å²) in [6.07, 6.45) is 4.76. The third kappa shape index (κ3) is 2.13. The van der Waals surface area contributed by atoms with Crippen LogP contribution in [-0.4, -0.2) is 31.3 Å². The van der Waals surface area contributed by atoms with E-state index in [2.05, 4.69) is 15.1 Å². The molecule has 1 unspecified atom stereocenters. The third-order valence-electron chi connectivity index (χ3n) is 4.22. The van der Waals surface area contributed by atoms with Gasteiger partial charge in [-0.2, -0.15) is 14.6 Å². The van der Waals surface area contributed by atoms with Crippen molar-refractivity contribution in [2.75, 3.05) is 7.11 Å². The standard InChI is InChI=1S/C17H15N5O2/c1-11(12-3-5-13(24-2)6-4-12)21-8-7-15-14(16(21)23)9-18-17-19-10-20-22(15)17/h3-11H,1-2H3. The number of aromatic nitrogens is 5. The molecule has 0 saturated carbocycles. The van der Waals surface area contributed by atoms with Gasteiger partial charge in [0.1, 0.15) is 12.1 Å². The van der Waals surface area contributed by atoms with Gasteiger partial charge in [0.15, 0.2) is 0 Å². The van der Waals surface area contributed by atoms with Gasteiger partial charge in [-0.3, -0.25) is 4.79 Å². The Morgan fingerprint density at radius 2 is 1.92 bits per heavy atom. The van der Waals surface area contributed by atoms with Crippen molar-refractivity contribution < 1.29 is 4.74 Å². The number of nitrogens with zero attached hydrogens (tertiary/aromatic N) is 5. The van der Waals surface area contributed by atoms with Gasteiger partial charge in [0.2, 0.25) is 0 Å². The average molecular weight is 321 g/mol. The minimum atomic E-state index is -0.112. The molecule has 0 saturated heterocycles. The predicted octanol–water partition coefficient (Wildman–Crippen LogP) is 2.06. The number of hydrogen-bond donors (Lipinski definition) is 0. The summed E-state index contributed by atoms with van der Waals surface area (Å²) in [7, 11) is 1.63. The first-order valence-corrected chi connectivity index (χ1v) is 7.52. The molecular weight excluding hydrogens is 306 g/mol. The molecule has 0 spiro atoms. The zero-order valence-corrected chi connectivity index (χ0v) is 13.2. The van der Waals surface area contributed by atoms with E-state index in [0.29, 0.717) is 16.7 Å². The van der Waals surface area contributed by atoms with Crippen LogP contribution in [0.25, 0.3) is 16.7 Å². The predicted molar refractivity (Wildman–Crippen MR) is 89.4 cm³/mol. The highest BCUT2D eigenvalue weighted by Gasteiger charge is 2.13. The monoisotopic (exact) mass is 321 g/mol. The molecule has 0 aliphatic rings. The summed E-state index contributed by atoms with van der Waals surface area (Å²) >= 11 is 0. The van der Waals surface area contributed by atoms with Crippen LogP contribution >= 0.6 is 0 Å². The van der Waals surface area contributed by atoms with Gasteiger partial charge in [-0.05, 0) is 30.7 Å². The second kappa shape index (κ2) is 5.45. The van der Waals surface area contributed by atoms with Gasteiger partial charge in [-0.25, -0.2) is 4.98 Å². The van der Waals surface area contributed by atoms with Crippen molar-refractivity contribution in [3.8, 4) is 5.75 Å². The summed E-state index contributed by atoms with van der Waals surface area (Å²) in [5.74, 6) is 1.26. The summed E-state index contributed by atoms with van der Waals surface area (Å²) in [5.41, 5.74) is 1.61. The Bertz CT molecular complexity index is 1080. The lowest BCUT2D eigenvalue weighted by Crippen LogP contribution is -2.24. The lowest BCUT2D eigenvalue weighted by molar-refractivity contribution is 0.414. The van der Waals surface area contributed by atoms with Crippen LogP contribution in [0.3, 0.4) is 0 Å². The molecule has 0 radical (unpaired) electrons. The van der Waals surface area contributed by atoms with Crippen LogP contribution in [0.5, 0.6) is 5.75 Å². The van der Waals surface area contributed by atoms with E-state index in [1.165, 1.54) is 6.33 Å². The first-order valence-electron chi connectivity index (χ1n) is 7.52. The van der Waals surface area contributed by atoms with Crippen LogP contribution in [0.1, 0.15) is 18.5 Å². The minimum absolute atomic E-state index is 0.110. The van der Waals surface area contributed by atoms with E-state index in [9.17, 15) is 4.79 Å². The topological polar surface area (TPSA) is 74.3 Å². The number of pyridine rings is 1. The second-order valence-corrected chi connectivity index (χ2v) is 5.51. The van der Waals surface area contributed by atoms with Gasteiger partial charge < -0.3 is 9.30 Å².